The molecule has 0 aromatic heterocycles. The third-order valence-electron chi connectivity index (χ3n) is 1.66. The second-order valence-electron chi connectivity index (χ2n) is 2.57. The summed E-state index contributed by atoms with van der Waals surface area (Å²) < 4.78 is 0. The second-order valence-corrected chi connectivity index (χ2v) is 2.57. The fourth-order valence-corrected chi connectivity index (χ4v) is 0.927. The van der Waals surface area contributed by atoms with Gasteiger partial charge in [-0.15, -0.1) is 0 Å². The van der Waals surface area contributed by atoms with E-state index >= 15 is 0 Å². The summed E-state index contributed by atoms with van der Waals surface area (Å²) in [5, 5.41) is 20.2. The summed E-state index contributed by atoms with van der Waals surface area (Å²) >= 11 is 0. The number of benzene rings is 1. The van der Waals surface area contributed by atoms with Gasteiger partial charge in [0, 0.05) is 5.56 Å². The van der Waals surface area contributed by atoms with Crippen molar-refractivity contribution in [3.8, 4) is 0 Å². The molecule has 1 aromatic rings. The number of nitrogens with zero attached hydrogens (tertiary/aromatic N) is 1. The van der Waals surface area contributed by atoms with Crippen LogP contribution >= 0.6 is 0 Å². The van der Waals surface area contributed by atoms with Gasteiger partial charge in [0.05, 0.1) is 6.61 Å². The van der Waals surface area contributed by atoms with E-state index in [0.717, 1.165) is 11.1 Å². The molecule has 0 heterocycles. The predicted octanol–water partition coefficient (Wildman–Crippen LogP) is 1.17. The Hall–Kier alpha value is -1.35. The molecule has 0 saturated carbocycles. The average molecular weight is 165 g/mol. The number of rotatable bonds is 2. The van der Waals surface area contributed by atoms with Crippen LogP contribution in [0.15, 0.2) is 29.4 Å². The van der Waals surface area contributed by atoms with Crippen LogP contribution in [0, 0.1) is 6.92 Å². The quantitative estimate of drug-likeness (QED) is 0.392. The van der Waals surface area contributed by atoms with Gasteiger partial charge in [-0.25, -0.2) is 0 Å². The zero-order chi connectivity index (χ0) is 8.97. The van der Waals surface area contributed by atoms with Gasteiger partial charge in [0.2, 0.25) is 0 Å². The maximum Gasteiger partial charge on any atom is 0.112 e. The molecular weight excluding hydrogens is 154 g/mol. The van der Waals surface area contributed by atoms with Crippen molar-refractivity contribution in [3.63, 3.8) is 0 Å². The van der Waals surface area contributed by atoms with Gasteiger partial charge in [-0.3, -0.25) is 0 Å². The highest BCUT2D eigenvalue weighted by molar-refractivity contribution is 6.00. The highest BCUT2D eigenvalue weighted by Crippen LogP contribution is 2.04. The fourth-order valence-electron chi connectivity index (χ4n) is 0.927. The van der Waals surface area contributed by atoms with Gasteiger partial charge < -0.3 is 10.3 Å². The Labute approximate surface area is 71.0 Å². The molecule has 1 rings (SSSR count). The third kappa shape index (κ3) is 1.83. The van der Waals surface area contributed by atoms with Crippen molar-refractivity contribution in [2.75, 3.05) is 6.61 Å². The van der Waals surface area contributed by atoms with Crippen LogP contribution in [0.25, 0.3) is 0 Å². The lowest BCUT2D eigenvalue weighted by molar-refractivity contribution is 0.304. The molecule has 0 bridgehead atoms. The van der Waals surface area contributed by atoms with Crippen molar-refractivity contribution in [2.45, 2.75) is 6.92 Å². The van der Waals surface area contributed by atoms with Crippen LogP contribution in [0.2, 0.25) is 0 Å². The first-order valence-electron chi connectivity index (χ1n) is 3.66. The third-order valence-corrected chi connectivity index (χ3v) is 1.66. The number of oxime groups is 1. The van der Waals surface area contributed by atoms with Crippen LogP contribution in [0.5, 0.6) is 0 Å². The molecule has 64 valence electrons. The number of aliphatic hydroxyl groups excluding tert-OH is 1. The fraction of sp³-hybridized carbons (Fsp3) is 0.222. The van der Waals surface area contributed by atoms with Gasteiger partial charge in [-0.1, -0.05) is 35.0 Å². The first-order chi connectivity index (χ1) is 5.77. The second kappa shape index (κ2) is 3.88. The smallest absolute Gasteiger partial charge is 0.112 e. The van der Waals surface area contributed by atoms with Crippen molar-refractivity contribution < 1.29 is 10.3 Å². The van der Waals surface area contributed by atoms with Crippen molar-refractivity contribution in [1.82, 2.24) is 0 Å². The van der Waals surface area contributed by atoms with Crippen LogP contribution in [-0.4, -0.2) is 22.6 Å². The first-order valence-corrected chi connectivity index (χ1v) is 3.66. The monoisotopic (exact) mass is 165 g/mol. The van der Waals surface area contributed by atoms with E-state index in [0.29, 0.717) is 0 Å². The van der Waals surface area contributed by atoms with Crippen molar-refractivity contribution in [1.29, 1.82) is 0 Å². The summed E-state index contributed by atoms with van der Waals surface area (Å²) in [6.07, 6.45) is 0. The summed E-state index contributed by atoms with van der Waals surface area (Å²) in [5.41, 5.74) is 2.16. The Balaban J connectivity index is 2.96. The molecule has 0 amide bonds. The maximum atomic E-state index is 8.76. The molecule has 0 spiro atoms. The van der Waals surface area contributed by atoms with Crippen LogP contribution < -0.4 is 0 Å². The average Bonchev–Trinajstić information content (AvgIpc) is 2.10. The lowest BCUT2D eigenvalue weighted by Gasteiger charge is -2.00. The lowest BCUT2D eigenvalue weighted by atomic mass is 10.1. The van der Waals surface area contributed by atoms with Gasteiger partial charge in [-0.2, -0.15) is 0 Å². The molecule has 0 atom stereocenters. The normalized spacial score (nSPS) is 11.7. The summed E-state index contributed by atoms with van der Waals surface area (Å²) in [7, 11) is 0. The first kappa shape index (κ1) is 8.74. The highest BCUT2D eigenvalue weighted by atomic mass is 16.4. The van der Waals surface area contributed by atoms with E-state index in [1.165, 1.54) is 0 Å². The van der Waals surface area contributed by atoms with Gasteiger partial charge in [-0.05, 0) is 6.92 Å². The minimum atomic E-state index is -0.250. The van der Waals surface area contributed by atoms with E-state index in [4.69, 9.17) is 10.3 Å². The van der Waals surface area contributed by atoms with E-state index in [1.54, 1.807) is 12.1 Å². The molecule has 0 saturated heterocycles. The molecule has 1 aromatic carbocycles. The van der Waals surface area contributed by atoms with Crippen molar-refractivity contribution in [2.24, 2.45) is 5.16 Å². The minimum absolute atomic E-state index is 0.250. The van der Waals surface area contributed by atoms with Gasteiger partial charge in [0.15, 0.2) is 0 Å². The molecule has 0 radical (unpaired) electrons. The van der Waals surface area contributed by atoms with E-state index in [1.807, 2.05) is 19.1 Å². The molecule has 12 heavy (non-hydrogen) atoms. The SMILES string of the molecule is Cc1ccc(C(CO)=NO)cc1. The summed E-state index contributed by atoms with van der Waals surface area (Å²) in [6.45, 7) is 1.72. The predicted molar refractivity (Wildman–Crippen MR) is 46.6 cm³/mol. The maximum absolute atomic E-state index is 8.76. The minimum Gasteiger partial charge on any atom is -0.411 e. The van der Waals surface area contributed by atoms with Gasteiger partial charge in [0.25, 0.3) is 0 Å². The topological polar surface area (TPSA) is 52.8 Å². The summed E-state index contributed by atoms with van der Waals surface area (Å²) in [4.78, 5) is 0. The molecule has 2 N–H and O–H groups in total. The Morgan fingerprint density at radius 2 is 1.92 bits per heavy atom. The Morgan fingerprint density at radius 1 is 1.33 bits per heavy atom. The van der Waals surface area contributed by atoms with Crippen LogP contribution in [0.3, 0.4) is 0 Å². The van der Waals surface area contributed by atoms with E-state index in [9.17, 15) is 0 Å². The Bertz CT molecular complexity index is 277. The molecule has 3 nitrogen and oxygen atoms in total. The zero-order valence-electron chi connectivity index (χ0n) is 6.86. The number of hydrogen-bond donors (Lipinski definition) is 2. The largest absolute Gasteiger partial charge is 0.411 e. The van der Waals surface area contributed by atoms with E-state index in [2.05, 4.69) is 5.16 Å². The summed E-state index contributed by atoms with van der Waals surface area (Å²) in [6, 6.07) is 7.41. The van der Waals surface area contributed by atoms with E-state index in [-0.39, 0.29) is 12.3 Å². The van der Waals surface area contributed by atoms with Crippen LogP contribution in [0.4, 0.5) is 0 Å². The van der Waals surface area contributed by atoms with Crippen molar-refractivity contribution >= 4 is 5.71 Å². The molecule has 0 aliphatic rings. The number of hydrogen-bond acceptors (Lipinski definition) is 3. The molecule has 3 heteroatoms. The number of aliphatic hydroxyl groups is 1. The molecule has 0 unspecified atom stereocenters. The molecule has 0 aliphatic carbocycles. The van der Waals surface area contributed by atoms with Crippen LogP contribution in [0.1, 0.15) is 11.1 Å². The Morgan fingerprint density at radius 3 is 2.33 bits per heavy atom. The molecule has 0 fully saturated rings. The highest BCUT2D eigenvalue weighted by Gasteiger charge is 2.00. The van der Waals surface area contributed by atoms with Crippen molar-refractivity contribution in [3.05, 3.63) is 35.4 Å². The molecular formula is C9H11NO2. The van der Waals surface area contributed by atoms with Crippen LogP contribution in [-0.2, 0) is 0 Å². The number of aryl methyl sites for hydroxylation is 1. The van der Waals surface area contributed by atoms with E-state index < -0.39 is 0 Å². The standard InChI is InChI=1S/C9H11NO2/c1-7-2-4-8(5-3-7)9(6-11)10-12/h2-5,11-12H,6H2,1H3. The van der Waals surface area contributed by atoms with Gasteiger partial charge >= 0.3 is 0 Å². The zero-order valence-corrected chi connectivity index (χ0v) is 6.86. The Kier molecular flexibility index (Phi) is 2.82. The summed E-state index contributed by atoms with van der Waals surface area (Å²) in [5.74, 6) is 0. The lowest BCUT2D eigenvalue weighted by Crippen LogP contribution is -2.05. The van der Waals surface area contributed by atoms with Gasteiger partial charge in [0.1, 0.15) is 5.71 Å². The molecule has 0 aliphatic heterocycles.